The van der Waals surface area contributed by atoms with Crippen LogP contribution in [0.2, 0.25) is 0 Å². The molecule has 0 amide bonds. The van der Waals surface area contributed by atoms with Gasteiger partial charge in [-0.2, -0.15) is 0 Å². The van der Waals surface area contributed by atoms with Crippen molar-refractivity contribution >= 4 is 55.2 Å². The van der Waals surface area contributed by atoms with Crippen molar-refractivity contribution in [1.29, 1.82) is 0 Å². The first-order chi connectivity index (χ1) is 8.52. The van der Waals surface area contributed by atoms with Crippen LogP contribution in [0.1, 0.15) is 19.4 Å². The Morgan fingerprint density at radius 2 is 1.26 bits per heavy atom. The molecule has 2 unspecified atom stereocenters. The molecule has 0 spiro atoms. The third-order valence-electron chi connectivity index (χ3n) is 2.14. The van der Waals surface area contributed by atoms with Gasteiger partial charge in [0.2, 0.25) is 0 Å². The molecule has 0 aliphatic heterocycles. The summed E-state index contributed by atoms with van der Waals surface area (Å²) in [6.45, 7) is 5.26. The van der Waals surface area contributed by atoms with Crippen molar-refractivity contribution < 1.29 is 10.2 Å². The normalized spacial score (nSPS) is 14.2. The van der Waals surface area contributed by atoms with Crippen LogP contribution in [-0.2, 0) is 0 Å². The van der Waals surface area contributed by atoms with E-state index in [-0.39, 0.29) is 0 Å². The Hall–Kier alpha value is 0.899. The fourth-order valence-electron chi connectivity index (χ4n) is 1.46. The Morgan fingerprint density at radius 1 is 0.947 bits per heavy atom. The summed E-state index contributed by atoms with van der Waals surface area (Å²) in [5.41, 5.74) is 1.98. The number of aliphatic hydroxyl groups excluding tert-OH is 2. The van der Waals surface area contributed by atoms with Crippen LogP contribution in [0.4, 0.5) is 5.69 Å². The van der Waals surface area contributed by atoms with Crippen LogP contribution in [0.25, 0.3) is 0 Å². The Kier molecular flexibility index (Phi) is 9.45. The summed E-state index contributed by atoms with van der Waals surface area (Å²) < 4.78 is 0. The molecule has 2 N–H and O–H groups in total. The van der Waals surface area contributed by atoms with E-state index >= 15 is 0 Å². The number of nitrogens with zero attached hydrogens (tertiary/aromatic N) is 1. The van der Waals surface area contributed by atoms with E-state index in [1.54, 1.807) is 18.7 Å². The van der Waals surface area contributed by atoms with Gasteiger partial charge in [0, 0.05) is 5.69 Å². The van der Waals surface area contributed by atoms with Gasteiger partial charge in [-0.25, -0.2) is 0 Å². The first-order valence-corrected chi connectivity index (χ1v) is 19.9. The van der Waals surface area contributed by atoms with Crippen molar-refractivity contribution in [2.45, 2.75) is 33.2 Å². The first-order valence-electron chi connectivity index (χ1n) is 5.49. The first kappa shape index (κ1) is 19.9. The van der Waals surface area contributed by atoms with Crippen LogP contribution < -0.4 is 4.90 Å². The van der Waals surface area contributed by atoms with Crippen LogP contribution in [0.3, 0.4) is 0 Å². The molecule has 0 aliphatic carbocycles. The minimum atomic E-state index is -3.29. The van der Waals surface area contributed by atoms with Gasteiger partial charge in [0.15, 0.2) is 0 Å². The molecule has 0 heterocycles. The second kappa shape index (κ2) is 9.03. The van der Waals surface area contributed by atoms with Gasteiger partial charge in [0.05, 0.1) is 0 Å². The molecule has 0 radical (unpaired) electrons. The fourth-order valence-corrected chi connectivity index (χ4v) is 1.46. The zero-order valence-corrected chi connectivity index (χ0v) is 16.7. The Labute approximate surface area is 132 Å². The molecule has 1 rings (SSSR count). The molecule has 0 saturated carbocycles. The third kappa shape index (κ3) is 10.3. The van der Waals surface area contributed by atoms with Crippen LogP contribution in [0.15, 0.2) is 24.3 Å². The molecular weight excluding hydrogens is 439 g/mol. The molecule has 3 nitrogen and oxygen atoms in total. The van der Waals surface area contributed by atoms with Gasteiger partial charge in [-0.05, 0) is 32.9 Å². The van der Waals surface area contributed by atoms with Crippen molar-refractivity contribution in [2.75, 3.05) is 4.90 Å². The van der Waals surface area contributed by atoms with Crippen molar-refractivity contribution in [3.63, 3.8) is 0 Å². The van der Waals surface area contributed by atoms with E-state index in [2.05, 4.69) is 0 Å². The quantitative estimate of drug-likeness (QED) is 0.537. The van der Waals surface area contributed by atoms with Crippen LogP contribution in [-0.4, -0.2) is 36.5 Å². The number of rotatable bonds is 3. The molecule has 0 saturated heterocycles. The van der Waals surface area contributed by atoms with Crippen molar-refractivity contribution in [2.24, 2.45) is 0 Å². The van der Waals surface area contributed by atoms with Gasteiger partial charge < -0.3 is 15.1 Å². The Balaban J connectivity index is 0.000000555. The van der Waals surface area contributed by atoms with Gasteiger partial charge in [0.1, 0.15) is 12.5 Å². The number of halogens is 4. The predicted molar refractivity (Wildman–Crippen MR) is 86.2 cm³/mol. The van der Waals surface area contributed by atoms with Gasteiger partial charge >= 0.3 is 49.6 Å². The number of aryl methyl sites for hydroxylation is 1. The topological polar surface area (TPSA) is 43.7 Å². The van der Waals surface area contributed by atoms with Gasteiger partial charge in [-0.3, -0.25) is 0 Å². The zero-order chi connectivity index (χ0) is 15.2. The molecule has 0 aliphatic rings. The van der Waals surface area contributed by atoms with E-state index < -0.39 is 26.3 Å². The van der Waals surface area contributed by atoms with E-state index in [9.17, 15) is 10.2 Å². The Bertz CT molecular complexity index is 354. The molecule has 1 aromatic carbocycles. The fraction of sp³-hybridized carbons (Fsp3) is 0.455. The monoisotopic (exact) mass is 455 g/mol. The number of aliphatic hydroxyl groups is 2. The third-order valence-corrected chi connectivity index (χ3v) is 2.14. The van der Waals surface area contributed by atoms with Crippen molar-refractivity contribution in [3.8, 4) is 0 Å². The Morgan fingerprint density at radius 3 is 1.53 bits per heavy atom. The van der Waals surface area contributed by atoms with Gasteiger partial charge in [-0.1, -0.05) is 17.7 Å². The second-order valence-corrected chi connectivity index (χ2v) is 29.4. The van der Waals surface area contributed by atoms with Crippen molar-refractivity contribution in [3.05, 3.63) is 29.8 Å². The SMILES string of the molecule is Cc1ccc(N(C(C)O)C(C)O)cc1.[Cl][Sn]([Cl])([Cl])[Cl]. The van der Waals surface area contributed by atoms with Crippen LogP contribution in [0, 0.1) is 6.92 Å². The average molecular weight is 456 g/mol. The standard InChI is InChI=1S/C11H17NO2.4ClH.Sn/c1-8-4-6-11(7-5-8)12(9(2)13)10(3)14;;;;;/h4-7,9-10,13-14H,1-3H3;4*1H;/q;;;;;+4/p-4. The van der Waals surface area contributed by atoms with E-state index in [0.29, 0.717) is 0 Å². The number of hydrogen-bond acceptors (Lipinski definition) is 3. The summed E-state index contributed by atoms with van der Waals surface area (Å²) in [7, 11) is 20.1. The summed E-state index contributed by atoms with van der Waals surface area (Å²) in [6, 6.07) is 7.67. The van der Waals surface area contributed by atoms with Gasteiger partial charge in [0.25, 0.3) is 0 Å². The molecule has 0 fully saturated rings. The molecular formula is C11H17Cl4NO2Sn. The summed E-state index contributed by atoms with van der Waals surface area (Å²) in [5.74, 6) is 0. The number of hydrogen-bond donors (Lipinski definition) is 2. The second-order valence-electron chi connectivity index (χ2n) is 3.94. The average Bonchev–Trinajstić information content (AvgIpc) is 2.17. The summed E-state index contributed by atoms with van der Waals surface area (Å²) in [6.07, 6.45) is -1.39. The number of anilines is 1. The van der Waals surface area contributed by atoms with Gasteiger partial charge in [-0.15, -0.1) is 0 Å². The maximum atomic E-state index is 9.47. The zero-order valence-electron chi connectivity index (χ0n) is 10.8. The minimum absolute atomic E-state index is 0.697. The molecule has 0 bridgehead atoms. The maximum absolute atomic E-state index is 9.47. The summed E-state index contributed by atoms with van der Waals surface area (Å²) in [4.78, 5) is 1.54. The van der Waals surface area contributed by atoms with Crippen LogP contribution in [0.5, 0.6) is 0 Å². The molecule has 19 heavy (non-hydrogen) atoms. The molecule has 2 atom stereocenters. The van der Waals surface area contributed by atoms with Crippen molar-refractivity contribution in [1.82, 2.24) is 0 Å². The molecule has 8 heteroatoms. The summed E-state index contributed by atoms with van der Waals surface area (Å²) in [5, 5.41) is 18.9. The molecule has 0 aromatic heterocycles. The van der Waals surface area contributed by atoms with E-state index in [1.807, 2.05) is 31.2 Å². The molecule has 1 aromatic rings. The van der Waals surface area contributed by atoms with E-state index in [0.717, 1.165) is 11.3 Å². The van der Waals surface area contributed by atoms with Crippen LogP contribution >= 0.6 is 35.7 Å². The van der Waals surface area contributed by atoms with E-state index in [1.165, 1.54) is 0 Å². The van der Waals surface area contributed by atoms with E-state index in [4.69, 9.17) is 35.7 Å². The molecule has 110 valence electrons. The predicted octanol–water partition coefficient (Wildman–Crippen LogP) is 3.86. The summed E-state index contributed by atoms with van der Waals surface area (Å²) >= 11 is -3.29. The number of benzene rings is 1.